The number of hydrogen-bond donors (Lipinski definition) is 2. The molecule has 2 aromatic heterocycles. The van der Waals surface area contributed by atoms with Crippen molar-refractivity contribution in [3.8, 4) is 11.4 Å². The summed E-state index contributed by atoms with van der Waals surface area (Å²) in [4.78, 5) is 8.27. The highest BCUT2D eigenvalue weighted by molar-refractivity contribution is 5.92. The average molecular weight is 307 g/mol. The predicted molar refractivity (Wildman–Crippen MR) is 97.7 cm³/mol. The molecule has 0 fully saturated rings. The van der Waals surface area contributed by atoms with E-state index in [9.17, 15) is 0 Å². The number of hydrogen-bond acceptors (Lipinski definition) is 2. The lowest BCUT2D eigenvalue weighted by Gasteiger charge is -2.05. The summed E-state index contributed by atoms with van der Waals surface area (Å²) in [7, 11) is 0. The second-order valence-electron chi connectivity index (χ2n) is 6.38. The van der Waals surface area contributed by atoms with E-state index in [4.69, 9.17) is 5.73 Å². The maximum Gasteiger partial charge on any atom is 0.0867 e. The van der Waals surface area contributed by atoms with Gasteiger partial charge in [-0.1, -0.05) is 18.2 Å². The molecule has 0 aliphatic rings. The minimum atomic E-state index is 0.749. The number of aryl methyl sites for hydroxylation is 4. The zero-order valence-electron chi connectivity index (χ0n) is 14.2. The first-order valence-electron chi connectivity index (χ1n) is 8.35. The first kappa shape index (κ1) is 15.8. The monoisotopic (exact) mass is 307 g/mol. The molecule has 3 heteroatoms. The second-order valence-corrected chi connectivity index (χ2v) is 6.38. The molecule has 0 amide bonds. The molecule has 0 saturated carbocycles. The van der Waals surface area contributed by atoms with Crippen LogP contribution in [0.4, 0.5) is 0 Å². The molecule has 0 radical (unpaired) electrons. The molecule has 0 spiro atoms. The van der Waals surface area contributed by atoms with Gasteiger partial charge in [0.15, 0.2) is 0 Å². The third-order valence-electron chi connectivity index (χ3n) is 4.66. The van der Waals surface area contributed by atoms with Gasteiger partial charge in [-0.05, 0) is 74.9 Å². The first-order chi connectivity index (χ1) is 11.1. The zero-order valence-corrected chi connectivity index (χ0v) is 14.2. The third-order valence-corrected chi connectivity index (χ3v) is 4.66. The van der Waals surface area contributed by atoms with Crippen molar-refractivity contribution in [1.29, 1.82) is 0 Å². The molecule has 0 unspecified atom stereocenters. The van der Waals surface area contributed by atoms with E-state index in [2.05, 4.69) is 55.0 Å². The number of H-pyrrole nitrogens is 1. The van der Waals surface area contributed by atoms with Crippen molar-refractivity contribution < 1.29 is 0 Å². The van der Waals surface area contributed by atoms with Crippen LogP contribution in [-0.2, 0) is 6.42 Å². The Morgan fingerprint density at radius 2 is 1.87 bits per heavy atom. The topological polar surface area (TPSA) is 54.7 Å². The van der Waals surface area contributed by atoms with Gasteiger partial charge in [-0.15, -0.1) is 0 Å². The molecule has 3 N–H and O–H groups in total. The standard InChI is InChI=1S/C20H25N3/c1-13-7-10-18(22-12-13)20-16(6-4-5-11-21)17-9-8-14(2)15(3)19(17)23-20/h7-10,12,23H,4-6,11,21H2,1-3H3. The minimum absolute atomic E-state index is 0.749. The fourth-order valence-electron chi connectivity index (χ4n) is 3.10. The van der Waals surface area contributed by atoms with Crippen LogP contribution in [0.2, 0.25) is 0 Å². The number of aromatic nitrogens is 2. The van der Waals surface area contributed by atoms with Crippen LogP contribution in [0.1, 0.15) is 35.1 Å². The number of nitrogens with two attached hydrogens (primary N) is 1. The van der Waals surface area contributed by atoms with Gasteiger partial charge in [-0.3, -0.25) is 4.98 Å². The van der Waals surface area contributed by atoms with E-state index in [1.165, 1.54) is 33.2 Å². The molecule has 0 aliphatic carbocycles. The van der Waals surface area contributed by atoms with Crippen LogP contribution in [0.5, 0.6) is 0 Å². The minimum Gasteiger partial charge on any atom is -0.353 e. The number of rotatable bonds is 5. The number of nitrogens with one attached hydrogen (secondary N) is 1. The van der Waals surface area contributed by atoms with Gasteiger partial charge in [-0.2, -0.15) is 0 Å². The Morgan fingerprint density at radius 3 is 2.57 bits per heavy atom. The summed E-state index contributed by atoms with van der Waals surface area (Å²) in [6.07, 6.45) is 5.13. The highest BCUT2D eigenvalue weighted by atomic mass is 14.8. The molecule has 0 bridgehead atoms. The number of unbranched alkanes of at least 4 members (excludes halogenated alkanes) is 1. The van der Waals surface area contributed by atoms with Crippen LogP contribution in [0.15, 0.2) is 30.5 Å². The molecule has 0 atom stereocenters. The summed E-state index contributed by atoms with van der Waals surface area (Å²) < 4.78 is 0. The smallest absolute Gasteiger partial charge is 0.0867 e. The first-order valence-corrected chi connectivity index (χ1v) is 8.35. The summed E-state index contributed by atoms with van der Waals surface area (Å²) in [5.74, 6) is 0. The van der Waals surface area contributed by atoms with Crippen molar-refractivity contribution in [2.75, 3.05) is 6.54 Å². The second kappa shape index (κ2) is 6.55. The Labute approximate surface area is 137 Å². The summed E-state index contributed by atoms with van der Waals surface area (Å²) in [6, 6.07) is 8.68. The van der Waals surface area contributed by atoms with Crippen LogP contribution >= 0.6 is 0 Å². The van der Waals surface area contributed by atoms with E-state index in [-0.39, 0.29) is 0 Å². The lowest BCUT2D eigenvalue weighted by atomic mass is 9.99. The van der Waals surface area contributed by atoms with Gasteiger partial charge < -0.3 is 10.7 Å². The van der Waals surface area contributed by atoms with E-state index < -0.39 is 0 Å². The van der Waals surface area contributed by atoms with Crippen molar-refractivity contribution >= 4 is 10.9 Å². The predicted octanol–water partition coefficient (Wildman–Crippen LogP) is 4.44. The van der Waals surface area contributed by atoms with Gasteiger partial charge in [0.1, 0.15) is 0 Å². The lowest BCUT2D eigenvalue weighted by Crippen LogP contribution is -1.99. The average Bonchev–Trinajstić information content (AvgIpc) is 2.91. The largest absolute Gasteiger partial charge is 0.353 e. The number of fused-ring (bicyclic) bond motifs is 1. The fourth-order valence-corrected chi connectivity index (χ4v) is 3.10. The van der Waals surface area contributed by atoms with Crippen LogP contribution in [0.25, 0.3) is 22.3 Å². The molecule has 2 heterocycles. The SMILES string of the molecule is Cc1ccc(-c2[nH]c3c(C)c(C)ccc3c2CCCCN)nc1. The Morgan fingerprint density at radius 1 is 1.04 bits per heavy atom. The summed E-state index contributed by atoms with van der Waals surface area (Å²) in [5.41, 5.74) is 14.3. The zero-order chi connectivity index (χ0) is 16.4. The number of aromatic amines is 1. The normalized spacial score (nSPS) is 11.3. The molecule has 120 valence electrons. The van der Waals surface area contributed by atoms with Gasteiger partial charge in [0, 0.05) is 17.1 Å². The number of nitrogens with zero attached hydrogens (tertiary/aromatic N) is 1. The van der Waals surface area contributed by atoms with Crippen molar-refractivity contribution in [2.24, 2.45) is 5.73 Å². The Balaban J connectivity index is 2.16. The third kappa shape index (κ3) is 3.02. The fraction of sp³-hybridized carbons (Fsp3) is 0.350. The molecule has 3 rings (SSSR count). The van der Waals surface area contributed by atoms with E-state index >= 15 is 0 Å². The molecule has 1 aromatic carbocycles. The van der Waals surface area contributed by atoms with Gasteiger partial charge in [0.05, 0.1) is 11.4 Å². The highest BCUT2D eigenvalue weighted by Gasteiger charge is 2.15. The van der Waals surface area contributed by atoms with Crippen LogP contribution < -0.4 is 5.73 Å². The van der Waals surface area contributed by atoms with Crippen LogP contribution in [0.3, 0.4) is 0 Å². The summed E-state index contributed by atoms with van der Waals surface area (Å²) in [5, 5.41) is 1.32. The van der Waals surface area contributed by atoms with E-state index in [0.717, 1.165) is 37.2 Å². The molecular formula is C20H25N3. The van der Waals surface area contributed by atoms with Crippen molar-refractivity contribution in [3.05, 3.63) is 52.7 Å². The quantitative estimate of drug-likeness (QED) is 0.685. The van der Waals surface area contributed by atoms with E-state index in [0.29, 0.717) is 0 Å². The number of benzene rings is 1. The molecule has 0 aliphatic heterocycles. The molecule has 23 heavy (non-hydrogen) atoms. The van der Waals surface area contributed by atoms with Crippen molar-refractivity contribution in [3.63, 3.8) is 0 Å². The highest BCUT2D eigenvalue weighted by Crippen LogP contribution is 2.33. The molecular weight excluding hydrogens is 282 g/mol. The van der Waals surface area contributed by atoms with Gasteiger partial charge in [0.25, 0.3) is 0 Å². The van der Waals surface area contributed by atoms with Crippen LogP contribution in [-0.4, -0.2) is 16.5 Å². The van der Waals surface area contributed by atoms with Crippen LogP contribution in [0, 0.1) is 20.8 Å². The van der Waals surface area contributed by atoms with Crippen molar-refractivity contribution in [2.45, 2.75) is 40.0 Å². The summed E-state index contributed by atoms with van der Waals surface area (Å²) in [6.45, 7) is 7.16. The number of pyridine rings is 1. The van der Waals surface area contributed by atoms with E-state index in [1.807, 2.05) is 6.20 Å². The maximum absolute atomic E-state index is 5.67. The molecule has 3 nitrogen and oxygen atoms in total. The summed E-state index contributed by atoms with van der Waals surface area (Å²) >= 11 is 0. The van der Waals surface area contributed by atoms with Gasteiger partial charge in [-0.25, -0.2) is 0 Å². The molecule has 0 saturated heterocycles. The maximum atomic E-state index is 5.67. The Bertz CT molecular complexity index is 813. The van der Waals surface area contributed by atoms with Gasteiger partial charge in [0.2, 0.25) is 0 Å². The van der Waals surface area contributed by atoms with E-state index in [1.54, 1.807) is 0 Å². The molecule has 3 aromatic rings. The van der Waals surface area contributed by atoms with Crippen molar-refractivity contribution in [1.82, 2.24) is 9.97 Å². The Kier molecular flexibility index (Phi) is 4.49. The lowest BCUT2D eigenvalue weighted by molar-refractivity contribution is 0.748. The Hall–Kier alpha value is -2.13. The van der Waals surface area contributed by atoms with Gasteiger partial charge >= 0.3 is 0 Å².